The van der Waals surface area contributed by atoms with Crippen molar-refractivity contribution in [3.05, 3.63) is 10.4 Å². The van der Waals surface area contributed by atoms with Crippen LogP contribution in [0.15, 0.2) is 5.11 Å². The summed E-state index contributed by atoms with van der Waals surface area (Å²) in [6.07, 6.45) is 1.86. The first kappa shape index (κ1) is 22.0. The SMILES string of the molecule is CC1C(=O)OC2C3OC4(CCC(C(F)(C=O)N=[N+]=[N-])CC4)OC3OC12.CCCC. The molecule has 6 unspecified atom stereocenters. The molecule has 3 saturated heterocycles. The molecule has 0 amide bonds. The lowest BCUT2D eigenvalue weighted by molar-refractivity contribution is -0.249. The molecule has 9 nitrogen and oxygen atoms in total. The van der Waals surface area contributed by atoms with Crippen LogP contribution in [0.25, 0.3) is 10.4 Å². The maximum Gasteiger partial charge on any atom is 0.311 e. The van der Waals surface area contributed by atoms with Crippen LogP contribution in [-0.2, 0) is 28.5 Å². The van der Waals surface area contributed by atoms with Crippen molar-refractivity contribution in [1.82, 2.24) is 0 Å². The molecule has 10 heteroatoms. The van der Waals surface area contributed by atoms with Crippen LogP contribution in [0.3, 0.4) is 0 Å². The first-order valence-corrected chi connectivity index (χ1v) is 10.3. The maximum atomic E-state index is 14.4. The number of aldehydes is 1. The number of rotatable bonds is 4. The van der Waals surface area contributed by atoms with Gasteiger partial charge in [-0.15, -0.1) is 0 Å². The number of carbonyl (C=O) groups is 2. The molecule has 1 spiro atoms. The quantitative estimate of drug-likeness (QED) is 0.174. The third-order valence-electron chi connectivity index (χ3n) is 6.19. The van der Waals surface area contributed by atoms with E-state index in [-0.39, 0.29) is 37.1 Å². The van der Waals surface area contributed by atoms with Crippen molar-refractivity contribution in [2.24, 2.45) is 17.0 Å². The number of fused-ring (bicyclic) bond motifs is 3. The summed E-state index contributed by atoms with van der Waals surface area (Å²) in [5.41, 5.74) is 8.46. The lowest BCUT2D eigenvalue weighted by atomic mass is 9.80. The smallest absolute Gasteiger partial charge is 0.311 e. The van der Waals surface area contributed by atoms with E-state index in [2.05, 4.69) is 23.9 Å². The molecule has 0 aromatic carbocycles. The molecule has 1 saturated carbocycles. The first-order valence-electron chi connectivity index (χ1n) is 10.3. The van der Waals surface area contributed by atoms with Gasteiger partial charge in [-0.2, -0.15) is 0 Å². The molecule has 0 bridgehead atoms. The highest BCUT2D eigenvalue weighted by Gasteiger charge is 2.64. The van der Waals surface area contributed by atoms with E-state index < -0.39 is 36.0 Å². The van der Waals surface area contributed by atoms with Gasteiger partial charge in [0, 0.05) is 23.7 Å². The number of hydrogen-bond donors (Lipinski definition) is 0. The number of halogens is 1. The lowest BCUT2D eigenvalue weighted by Crippen LogP contribution is -2.44. The molecule has 29 heavy (non-hydrogen) atoms. The van der Waals surface area contributed by atoms with E-state index >= 15 is 0 Å². The zero-order valence-electron chi connectivity index (χ0n) is 17.0. The number of unbranched alkanes of at least 4 members (excludes halogenated alkanes) is 1. The van der Waals surface area contributed by atoms with Crippen LogP contribution in [0.5, 0.6) is 0 Å². The molecule has 4 fully saturated rings. The van der Waals surface area contributed by atoms with Crippen LogP contribution in [-0.4, -0.2) is 48.4 Å². The Kier molecular flexibility index (Phi) is 6.48. The molecule has 3 heterocycles. The van der Waals surface area contributed by atoms with E-state index in [1.165, 1.54) is 12.8 Å². The van der Waals surface area contributed by atoms with Gasteiger partial charge in [0.25, 0.3) is 0 Å². The Balaban J connectivity index is 0.000000552. The highest BCUT2D eigenvalue weighted by Crippen LogP contribution is 2.50. The van der Waals surface area contributed by atoms with Gasteiger partial charge in [0.15, 0.2) is 30.6 Å². The summed E-state index contributed by atoms with van der Waals surface area (Å²) in [6.45, 7) is 6.10. The highest BCUT2D eigenvalue weighted by atomic mass is 19.1. The van der Waals surface area contributed by atoms with E-state index in [1.54, 1.807) is 6.92 Å². The Morgan fingerprint density at radius 3 is 2.45 bits per heavy atom. The second-order valence-electron chi connectivity index (χ2n) is 8.08. The topological polar surface area (TPSA) is 120 Å². The van der Waals surface area contributed by atoms with Gasteiger partial charge in [0.1, 0.15) is 6.10 Å². The molecule has 4 rings (SSSR count). The van der Waals surface area contributed by atoms with Crippen molar-refractivity contribution >= 4 is 12.3 Å². The van der Waals surface area contributed by atoms with E-state index in [0.29, 0.717) is 12.8 Å². The minimum absolute atomic E-state index is 0.0492. The fourth-order valence-corrected chi connectivity index (χ4v) is 4.24. The second kappa shape index (κ2) is 8.55. The van der Waals surface area contributed by atoms with Crippen molar-refractivity contribution in [2.45, 2.75) is 95.5 Å². The maximum absolute atomic E-state index is 14.4. The number of nitrogens with zero attached hydrogens (tertiary/aromatic N) is 3. The molecule has 4 aliphatic rings. The molecular formula is C19H28FN3O6. The summed E-state index contributed by atoms with van der Waals surface area (Å²) >= 11 is 0. The fraction of sp³-hybridized carbons (Fsp3) is 0.895. The van der Waals surface area contributed by atoms with Gasteiger partial charge in [-0.1, -0.05) is 26.7 Å². The van der Waals surface area contributed by atoms with Crippen molar-refractivity contribution in [3.8, 4) is 0 Å². The number of carbonyl (C=O) groups excluding carboxylic acids is 2. The minimum atomic E-state index is -2.55. The second-order valence-corrected chi connectivity index (χ2v) is 8.08. The molecule has 6 atom stereocenters. The molecule has 162 valence electrons. The predicted octanol–water partition coefficient (Wildman–Crippen LogP) is 3.56. The Bertz CT molecular complexity index is 677. The van der Waals surface area contributed by atoms with Crippen molar-refractivity contribution in [1.29, 1.82) is 0 Å². The number of esters is 1. The Morgan fingerprint density at radius 2 is 1.90 bits per heavy atom. The summed E-state index contributed by atoms with van der Waals surface area (Å²) in [4.78, 5) is 25.1. The number of azide groups is 1. The fourth-order valence-electron chi connectivity index (χ4n) is 4.24. The Labute approximate surface area is 168 Å². The van der Waals surface area contributed by atoms with Crippen LogP contribution in [0.2, 0.25) is 0 Å². The molecule has 3 aliphatic heterocycles. The van der Waals surface area contributed by atoms with E-state index in [9.17, 15) is 14.0 Å². The first-order chi connectivity index (χ1) is 13.8. The van der Waals surface area contributed by atoms with E-state index in [4.69, 9.17) is 24.5 Å². The van der Waals surface area contributed by atoms with Gasteiger partial charge in [-0.05, 0) is 30.4 Å². The van der Waals surface area contributed by atoms with Crippen LogP contribution < -0.4 is 0 Å². The van der Waals surface area contributed by atoms with Gasteiger partial charge < -0.3 is 18.9 Å². The lowest BCUT2D eigenvalue weighted by Gasteiger charge is -2.38. The number of ether oxygens (including phenoxy) is 4. The minimum Gasteiger partial charge on any atom is -0.456 e. The third kappa shape index (κ3) is 3.99. The normalized spacial score (nSPS) is 42.0. The molecule has 0 radical (unpaired) electrons. The Hall–Kier alpha value is -1.74. The van der Waals surface area contributed by atoms with Crippen molar-refractivity contribution < 1.29 is 32.9 Å². The number of alkyl halides is 1. The largest absolute Gasteiger partial charge is 0.456 e. The third-order valence-corrected chi connectivity index (χ3v) is 6.19. The van der Waals surface area contributed by atoms with Gasteiger partial charge in [0.05, 0.1) is 5.92 Å². The van der Waals surface area contributed by atoms with Crippen LogP contribution >= 0.6 is 0 Å². The summed E-state index contributed by atoms with van der Waals surface area (Å²) in [5, 5.41) is 3.01. The highest BCUT2D eigenvalue weighted by molar-refractivity contribution is 5.75. The van der Waals surface area contributed by atoms with Crippen LogP contribution in [0.1, 0.15) is 59.3 Å². The average molecular weight is 413 g/mol. The predicted molar refractivity (Wildman–Crippen MR) is 98.0 cm³/mol. The van der Waals surface area contributed by atoms with Crippen molar-refractivity contribution in [3.63, 3.8) is 0 Å². The molecular weight excluding hydrogens is 385 g/mol. The van der Waals surface area contributed by atoms with Gasteiger partial charge in [-0.3, -0.25) is 9.59 Å². The zero-order chi connectivity index (χ0) is 21.2. The summed E-state index contributed by atoms with van der Waals surface area (Å²) in [6, 6.07) is 0. The van der Waals surface area contributed by atoms with E-state index in [0.717, 1.165) is 0 Å². The number of hydrogen-bond acceptors (Lipinski definition) is 7. The summed E-state index contributed by atoms with van der Waals surface area (Å²) < 4.78 is 37.5. The molecule has 0 aromatic rings. The van der Waals surface area contributed by atoms with Gasteiger partial charge in [-0.25, -0.2) is 4.39 Å². The molecule has 0 aromatic heterocycles. The standard InChI is InChI=1S/C15H18FN3O6.C4H10/c1-7-9-10(22-12(7)21)11-13(23-9)25-14(24-11)4-2-8(3-5-14)15(16,6-20)18-19-17;1-3-4-2/h6-11,13H,2-5H2,1H3;3-4H2,1-2H3. The van der Waals surface area contributed by atoms with Crippen LogP contribution in [0.4, 0.5) is 4.39 Å². The van der Waals surface area contributed by atoms with Gasteiger partial charge in [0.2, 0.25) is 5.79 Å². The molecule has 1 aliphatic carbocycles. The average Bonchev–Trinajstić information content (AvgIpc) is 3.32. The van der Waals surface area contributed by atoms with Gasteiger partial charge >= 0.3 is 5.97 Å². The summed E-state index contributed by atoms with van der Waals surface area (Å²) in [7, 11) is 0. The van der Waals surface area contributed by atoms with E-state index in [1.807, 2.05) is 0 Å². The Morgan fingerprint density at radius 1 is 1.24 bits per heavy atom. The zero-order valence-corrected chi connectivity index (χ0v) is 17.0. The molecule has 0 N–H and O–H groups in total. The monoisotopic (exact) mass is 413 g/mol. The van der Waals surface area contributed by atoms with Crippen LogP contribution in [0, 0.1) is 11.8 Å². The summed E-state index contributed by atoms with van der Waals surface area (Å²) in [5.74, 6) is -4.91. The van der Waals surface area contributed by atoms with Crippen molar-refractivity contribution in [2.75, 3.05) is 0 Å².